The largest absolute Gasteiger partial charge is 0.507 e. The van der Waals surface area contributed by atoms with E-state index in [0.29, 0.717) is 16.7 Å². The van der Waals surface area contributed by atoms with Crippen molar-refractivity contribution in [2.45, 2.75) is 25.4 Å². The third kappa shape index (κ3) is 2.10. The van der Waals surface area contributed by atoms with Crippen molar-refractivity contribution in [1.29, 1.82) is 0 Å². The lowest BCUT2D eigenvalue weighted by atomic mass is 9.79. The van der Waals surface area contributed by atoms with Crippen LogP contribution in [0.25, 0.3) is 10.8 Å². The van der Waals surface area contributed by atoms with E-state index in [1.165, 1.54) is 13.2 Å². The molecule has 0 bridgehead atoms. The summed E-state index contributed by atoms with van der Waals surface area (Å²) in [5.41, 5.74) is -0.353. The molecule has 5 heteroatoms. The second kappa shape index (κ2) is 4.36. The molecule has 0 saturated heterocycles. The van der Waals surface area contributed by atoms with Crippen molar-refractivity contribution in [2.75, 3.05) is 7.11 Å². The monoisotopic (exact) mass is 288 g/mol. The van der Waals surface area contributed by atoms with Gasteiger partial charge in [0.1, 0.15) is 17.2 Å². The Labute approximate surface area is 121 Å². The van der Waals surface area contributed by atoms with Crippen LogP contribution in [0.5, 0.6) is 17.2 Å². The van der Waals surface area contributed by atoms with Gasteiger partial charge >= 0.3 is 0 Å². The van der Waals surface area contributed by atoms with Gasteiger partial charge in [0.05, 0.1) is 23.7 Å². The van der Waals surface area contributed by atoms with Gasteiger partial charge in [0, 0.05) is 18.9 Å². The predicted octanol–water partition coefficient (Wildman–Crippen LogP) is 2.14. The van der Waals surface area contributed by atoms with Crippen molar-refractivity contribution in [2.24, 2.45) is 0 Å². The van der Waals surface area contributed by atoms with E-state index in [4.69, 9.17) is 4.74 Å². The second-order valence-electron chi connectivity index (χ2n) is 5.78. The van der Waals surface area contributed by atoms with E-state index in [1.807, 2.05) is 0 Å². The Morgan fingerprint density at radius 1 is 1.19 bits per heavy atom. The van der Waals surface area contributed by atoms with Crippen LogP contribution >= 0.6 is 0 Å². The minimum atomic E-state index is -1.12. The smallest absolute Gasteiger partial charge is 0.169 e. The molecule has 5 nitrogen and oxygen atoms in total. The lowest BCUT2D eigenvalue weighted by Gasteiger charge is -2.29. The van der Waals surface area contributed by atoms with Crippen molar-refractivity contribution < 1.29 is 24.9 Å². The predicted molar refractivity (Wildman–Crippen MR) is 77.1 cm³/mol. The zero-order chi connectivity index (χ0) is 15.4. The summed E-state index contributed by atoms with van der Waals surface area (Å²) < 4.78 is 5.09. The molecule has 2 aromatic rings. The zero-order valence-electron chi connectivity index (χ0n) is 11.8. The number of methoxy groups -OCH3 is 1. The third-order valence-corrected chi connectivity index (χ3v) is 3.87. The zero-order valence-corrected chi connectivity index (χ0v) is 11.8. The molecule has 0 heterocycles. The van der Waals surface area contributed by atoms with E-state index in [0.717, 1.165) is 0 Å². The van der Waals surface area contributed by atoms with Gasteiger partial charge in [-0.05, 0) is 30.0 Å². The Morgan fingerprint density at radius 3 is 2.57 bits per heavy atom. The topological polar surface area (TPSA) is 87.0 Å². The van der Waals surface area contributed by atoms with Crippen molar-refractivity contribution in [1.82, 2.24) is 0 Å². The first-order valence-electron chi connectivity index (χ1n) is 6.63. The highest BCUT2D eigenvalue weighted by Gasteiger charge is 2.35. The highest BCUT2D eigenvalue weighted by molar-refractivity contribution is 6.09. The number of ether oxygens (including phenoxy) is 1. The van der Waals surface area contributed by atoms with Crippen LogP contribution in [-0.2, 0) is 6.42 Å². The first kappa shape index (κ1) is 13.7. The van der Waals surface area contributed by atoms with E-state index in [1.54, 1.807) is 19.1 Å². The number of ketones is 1. The minimum Gasteiger partial charge on any atom is -0.507 e. The molecule has 0 radical (unpaired) electrons. The number of aliphatic hydroxyl groups is 1. The molecule has 3 rings (SSSR count). The SMILES string of the molecule is COc1cc(O)c2c(O)c3c(cc2c1)C[C@@](C)(O)CC3=O. The number of Topliss-reactive ketones (excluding diaryl/α,β-unsaturated/α-hetero) is 1. The number of carbonyl (C=O) groups excluding carboxylic acids is 1. The maximum Gasteiger partial charge on any atom is 0.169 e. The van der Waals surface area contributed by atoms with Gasteiger partial charge in [-0.15, -0.1) is 0 Å². The van der Waals surface area contributed by atoms with Crippen LogP contribution in [0.1, 0.15) is 29.3 Å². The number of fused-ring (bicyclic) bond motifs is 2. The molecule has 110 valence electrons. The van der Waals surface area contributed by atoms with E-state index in [-0.39, 0.29) is 41.1 Å². The number of phenols is 2. The summed E-state index contributed by atoms with van der Waals surface area (Å²) >= 11 is 0. The van der Waals surface area contributed by atoms with Crippen molar-refractivity contribution >= 4 is 16.6 Å². The van der Waals surface area contributed by atoms with Crippen molar-refractivity contribution in [3.05, 3.63) is 29.3 Å². The Bertz CT molecular complexity index is 761. The van der Waals surface area contributed by atoms with Crippen LogP contribution < -0.4 is 4.74 Å². The quantitative estimate of drug-likeness (QED) is 0.748. The molecule has 0 amide bonds. The Morgan fingerprint density at radius 2 is 1.90 bits per heavy atom. The molecule has 1 aliphatic carbocycles. The highest BCUT2D eigenvalue weighted by Crippen LogP contribution is 2.43. The summed E-state index contributed by atoms with van der Waals surface area (Å²) in [4.78, 5) is 12.2. The average Bonchev–Trinajstić information content (AvgIpc) is 2.35. The number of benzene rings is 2. The number of carbonyl (C=O) groups is 1. The van der Waals surface area contributed by atoms with E-state index >= 15 is 0 Å². The van der Waals surface area contributed by atoms with Crippen molar-refractivity contribution in [3.63, 3.8) is 0 Å². The fourth-order valence-electron chi connectivity index (χ4n) is 3.01. The van der Waals surface area contributed by atoms with Crippen LogP contribution in [0, 0.1) is 0 Å². The first-order chi connectivity index (χ1) is 9.82. The molecule has 0 aromatic heterocycles. The maximum absolute atomic E-state index is 12.2. The maximum atomic E-state index is 12.2. The van der Waals surface area contributed by atoms with Crippen LogP contribution in [0.4, 0.5) is 0 Å². The summed E-state index contributed by atoms with van der Waals surface area (Å²) in [6.07, 6.45) is 0.228. The van der Waals surface area contributed by atoms with Gasteiger partial charge in [-0.25, -0.2) is 0 Å². The molecule has 0 spiro atoms. The summed E-state index contributed by atoms with van der Waals surface area (Å²) in [5.74, 6) is -0.248. The van der Waals surface area contributed by atoms with Crippen LogP contribution in [0.3, 0.4) is 0 Å². The third-order valence-electron chi connectivity index (χ3n) is 3.87. The van der Waals surface area contributed by atoms with E-state index in [9.17, 15) is 20.1 Å². The average molecular weight is 288 g/mol. The van der Waals surface area contributed by atoms with E-state index in [2.05, 4.69) is 0 Å². The van der Waals surface area contributed by atoms with Gasteiger partial charge < -0.3 is 20.1 Å². The molecular formula is C16H16O5. The molecule has 3 N–H and O–H groups in total. The Balaban J connectivity index is 2.35. The van der Waals surface area contributed by atoms with Gasteiger partial charge in [0.25, 0.3) is 0 Å². The fourth-order valence-corrected chi connectivity index (χ4v) is 3.01. The molecule has 21 heavy (non-hydrogen) atoms. The van der Waals surface area contributed by atoms with E-state index < -0.39 is 5.60 Å². The summed E-state index contributed by atoms with van der Waals surface area (Å²) in [6.45, 7) is 1.60. The summed E-state index contributed by atoms with van der Waals surface area (Å²) in [5, 5.41) is 31.4. The molecule has 2 aromatic carbocycles. The van der Waals surface area contributed by atoms with Crippen LogP contribution in [-0.4, -0.2) is 33.8 Å². The molecular weight excluding hydrogens is 272 g/mol. The molecule has 0 saturated carbocycles. The molecule has 0 aliphatic heterocycles. The number of hydrogen-bond acceptors (Lipinski definition) is 5. The highest BCUT2D eigenvalue weighted by atomic mass is 16.5. The lowest BCUT2D eigenvalue weighted by Crippen LogP contribution is -2.35. The number of phenolic OH excluding ortho intramolecular Hbond substituents is 2. The van der Waals surface area contributed by atoms with Gasteiger partial charge in [-0.1, -0.05) is 0 Å². The number of hydrogen-bond donors (Lipinski definition) is 3. The Hall–Kier alpha value is -2.27. The lowest BCUT2D eigenvalue weighted by molar-refractivity contribution is 0.0409. The normalized spacial score (nSPS) is 21.4. The summed E-state index contributed by atoms with van der Waals surface area (Å²) in [7, 11) is 1.48. The van der Waals surface area contributed by atoms with Gasteiger partial charge in [0.2, 0.25) is 0 Å². The minimum absolute atomic E-state index is 0.0457. The second-order valence-corrected chi connectivity index (χ2v) is 5.78. The number of aromatic hydroxyl groups is 2. The summed E-state index contributed by atoms with van der Waals surface area (Å²) in [6, 6.07) is 4.76. The molecule has 0 unspecified atom stereocenters. The van der Waals surface area contributed by atoms with Gasteiger partial charge in [-0.3, -0.25) is 4.79 Å². The molecule has 1 aliphatic rings. The van der Waals surface area contributed by atoms with Gasteiger partial charge in [0.15, 0.2) is 5.78 Å². The standard InChI is InChI=1S/C16H16O5/c1-16(20)6-9-3-8-4-10(21-2)5-11(17)13(8)15(19)14(9)12(18)7-16/h3-5,17,19-20H,6-7H2,1-2H3/t16-/m1/s1. The fraction of sp³-hybridized carbons (Fsp3) is 0.312. The van der Waals surface area contributed by atoms with Crippen LogP contribution in [0.2, 0.25) is 0 Å². The molecule has 1 atom stereocenters. The number of rotatable bonds is 1. The van der Waals surface area contributed by atoms with Crippen molar-refractivity contribution in [3.8, 4) is 17.2 Å². The Kier molecular flexibility index (Phi) is 2.85. The van der Waals surface area contributed by atoms with Gasteiger partial charge in [-0.2, -0.15) is 0 Å². The van der Waals surface area contributed by atoms with Crippen LogP contribution in [0.15, 0.2) is 18.2 Å². The molecule has 0 fully saturated rings. The first-order valence-corrected chi connectivity index (χ1v) is 6.63.